The first-order valence-electron chi connectivity index (χ1n) is 11.6. The molecule has 222 valence electrons. The standard InChI is InChI=1S/C20H25F2N5O12S/c21-20(22)15(30)10(38-17(20)26-7-5-12(23)25-18(26)32)9-37-19(33)24-6-3-1-2-4-14(29)39-27-13(28)8-11(16(27)31)40(34,35)36/h5,7,10-11,15,17,30H,1-4,6,8-9H2,(H,24,33)(H2,23,25,32)(H,34,35,36)/p-1/t10-,11?,15+,17-/m1/s1. The number of halogens is 2. The van der Waals surface area contributed by atoms with Crippen molar-refractivity contribution in [1.82, 2.24) is 19.9 Å². The molecule has 0 saturated carbocycles. The third-order valence-electron chi connectivity index (χ3n) is 5.79. The van der Waals surface area contributed by atoms with E-state index in [1.54, 1.807) is 0 Å². The van der Waals surface area contributed by atoms with Crippen LogP contribution in [0.2, 0.25) is 0 Å². The maximum atomic E-state index is 14.5. The number of nitrogens with two attached hydrogens (primary N) is 1. The number of aliphatic hydroxyl groups is 1. The first-order chi connectivity index (χ1) is 18.6. The number of ether oxygens (including phenoxy) is 2. The number of carbonyl (C=O) groups is 4. The smallest absolute Gasteiger partial charge is 0.407 e. The fourth-order valence-electron chi connectivity index (χ4n) is 3.73. The van der Waals surface area contributed by atoms with Crippen LogP contribution in [-0.4, -0.2) is 93.1 Å². The van der Waals surface area contributed by atoms with Gasteiger partial charge in [0.05, 0.1) is 6.42 Å². The van der Waals surface area contributed by atoms with Gasteiger partial charge in [-0.1, -0.05) is 6.42 Å². The highest BCUT2D eigenvalue weighted by Crippen LogP contribution is 2.42. The lowest BCUT2D eigenvalue weighted by atomic mass is 10.1. The number of imide groups is 1. The number of amides is 3. The van der Waals surface area contributed by atoms with Crippen molar-refractivity contribution >= 4 is 39.8 Å². The van der Waals surface area contributed by atoms with Crippen LogP contribution in [0.1, 0.15) is 38.3 Å². The Labute approximate surface area is 223 Å². The van der Waals surface area contributed by atoms with Crippen molar-refractivity contribution in [1.29, 1.82) is 0 Å². The van der Waals surface area contributed by atoms with Gasteiger partial charge in [0.1, 0.15) is 33.9 Å². The number of nitrogen functional groups attached to an aromatic ring is 1. The molecule has 3 amide bonds. The van der Waals surface area contributed by atoms with Gasteiger partial charge < -0.3 is 35.0 Å². The molecule has 17 nitrogen and oxygen atoms in total. The zero-order chi connectivity index (χ0) is 29.8. The number of aromatic nitrogens is 2. The SMILES string of the molecule is Nc1ccn([C@@H]2O[C@H](COC(=O)NCCCCCC(=O)ON3C(=O)CC(S(=O)(=O)[O-])C3=O)[C@H](O)C2(F)F)c(=O)n1. The van der Waals surface area contributed by atoms with Gasteiger partial charge in [0, 0.05) is 19.2 Å². The summed E-state index contributed by atoms with van der Waals surface area (Å²) in [6, 6.07) is 1.09. The van der Waals surface area contributed by atoms with Gasteiger partial charge >= 0.3 is 23.7 Å². The third-order valence-corrected chi connectivity index (χ3v) is 6.86. The molecule has 0 bridgehead atoms. The summed E-state index contributed by atoms with van der Waals surface area (Å²) < 4.78 is 72.2. The molecule has 40 heavy (non-hydrogen) atoms. The van der Waals surface area contributed by atoms with Crippen LogP contribution in [-0.2, 0) is 38.8 Å². The van der Waals surface area contributed by atoms with E-state index in [0.717, 1.165) is 12.3 Å². The predicted molar refractivity (Wildman–Crippen MR) is 122 cm³/mol. The van der Waals surface area contributed by atoms with Crippen LogP contribution in [0.4, 0.5) is 19.4 Å². The van der Waals surface area contributed by atoms with E-state index in [-0.39, 0.29) is 30.3 Å². The summed E-state index contributed by atoms with van der Waals surface area (Å²) >= 11 is 0. The van der Waals surface area contributed by atoms with Gasteiger partial charge in [-0.2, -0.15) is 13.8 Å². The summed E-state index contributed by atoms with van der Waals surface area (Å²) in [5.74, 6) is -7.74. The molecule has 1 aromatic heterocycles. The Hall–Kier alpha value is -3.75. The first kappa shape index (κ1) is 30.8. The summed E-state index contributed by atoms with van der Waals surface area (Å²) in [7, 11) is -5.09. The normalized spacial score (nSPS) is 24.2. The third kappa shape index (κ3) is 7.06. The maximum Gasteiger partial charge on any atom is 0.407 e. The molecule has 1 aromatic rings. The zero-order valence-corrected chi connectivity index (χ0v) is 21.3. The van der Waals surface area contributed by atoms with Crippen LogP contribution < -0.4 is 16.7 Å². The van der Waals surface area contributed by atoms with Crippen molar-refractivity contribution in [2.24, 2.45) is 0 Å². The van der Waals surface area contributed by atoms with Gasteiger partial charge in [0.2, 0.25) is 6.23 Å². The second-order valence-corrected chi connectivity index (χ2v) is 10.3. The van der Waals surface area contributed by atoms with E-state index in [0.29, 0.717) is 17.4 Å². The van der Waals surface area contributed by atoms with Crippen molar-refractivity contribution in [3.05, 3.63) is 22.7 Å². The molecule has 2 aliphatic heterocycles. The molecule has 2 aliphatic rings. The highest BCUT2D eigenvalue weighted by Gasteiger charge is 2.60. The molecule has 3 heterocycles. The molecule has 4 atom stereocenters. The Morgan fingerprint density at radius 1 is 1.27 bits per heavy atom. The van der Waals surface area contributed by atoms with E-state index in [2.05, 4.69) is 15.1 Å². The molecule has 20 heteroatoms. The average Bonchev–Trinajstić information content (AvgIpc) is 3.26. The van der Waals surface area contributed by atoms with Gasteiger partial charge in [-0.05, 0) is 18.9 Å². The minimum absolute atomic E-state index is 0.0272. The topological polar surface area (TPSA) is 250 Å². The van der Waals surface area contributed by atoms with Crippen LogP contribution in [0.15, 0.2) is 17.1 Å². The quantitative estimate of drug-likeness (QED) is 0.144. The lowest BCUT2D eigenvalue weighted by molar-refractivity contribution is -0.197. The molecule has 1 unspecified atom stereocenters. The predicted octanol–water partition coefficient (Wildman–Crippen LogP) is -1.86. The number of hydrogen-bond donors (Lipinski definition) is 3. The summed E-state index contributed by atoms with van der Waals surface area (Å²) in [6.45, 7) is -0.746. The van der Waals surface area contributed by atoms with Gasteiger partial charge in [0.15, 0.2) is 6.10 Å². The minimum Gasteiger partial charge on any atom is -0.747 e. The molecular weight excluding hydrogens is 572 g/mol. The number of anilines is 1. The van der Waals surface area contributed by atoms with Crippen LogP contribution >= 0.6 is 0 Å². The molecule has 0 aliphatic carbocycles. The maximum absolute atomic E-state index is 14.5. The highest BCUT2D eigenvalue weighted by molar-refractivity contribution is 7.87. The first-order valence-corrected chi connectivity index (χ1v) is 13.1. The molecule has 2 saturated heterocycles. The molecule has 2 fully saturated rings. The molecule has 3 rings (SSSR count). The number of alkyl halides is 2. The van der Waals surface area contributed by atoms with Crippen molar-refractivity contribution in [3.63, 3.8) is 0 Å². The van der Waals surface area contributed by atoms with Crippen molar-refractivity contribution in [3.8, 4) is 0 Å². The number of alkyl carbamates (subject to hydrolysis) is 1. The second-order valence-electron chi connectivity index (χ2n) is 8.70. The summed E-state index contributed by atoms with van der Waals surface area (Å²) in [4.78, 5) is 66.8. The van der Waals surface area contributed by atoms with Crippen LogP contribution in [0.5, 0.6) is 0 Å². The van der Waals surface area contributed by atoms with Gasteiger partial charge in [-0.25, -0.2) is 22.8 Å². The largest absolute Gasteiger partial charge is 0.747 e. The molecule has 0 spiro atoms. The Morgan fingerprint density at radius 2 is 1.98 bits per heavy atom. The number of nitrogens with zero attached hydrogens (tertiary/aromatic N) is 3. The summed E-state index contributed by atoms with van der Waals surface area (Å²) in [5, 5.41) is 10.0. The number of carbonyl (C=O) groups excluding carboxylic acids is 4. The lowest BCUT2D eigenvalue weighted by Gasteiger charge is -2.20. The second kappa shape index (κ2) is 12.2. The fraction of sp³-hybridized carbons (Fsp3) is 0.600. The lowest BCUT2D eigenvalue weighted by Crippen LogP contribution is -2.42. The fourth-order valence-corrected chi connectivity index (χ4v) is 4.42. The number of hydrogen-bond acceptors (Lipinski definition) is 14. The van der Waals surface area contributed by atoms with Crippen molar-refractivity contribution < 1.29 is 60.3 Å². The average molecular weight is 596 g/mol. The number of unbranched alkanes of at least 4 members (excludes halogenated alkanes) is 2. The Balaban J connectivity index is 1.34. The van der Waals surface area contributed by atoms with E-state index in [9.17, 15) is 50.8 Å². The van der Waals surface area contributed by atoms with Crippen molar-refractivity contribution in [2.75, 3.05) is 18.9 Å². The Morgan fingerprint density at radius 3 is 2.60 bits per heavy atom. The van der Waals surface area contributed by atoms with Crippen LogP contribution in [0.3, 0.4) is 0 Å². The van der Waals surface area contributed by atoms with E-state index < -0.39 is 82.3 Å². The van der Waals surface area contributed by atoms with E-state index >= 15 is 0 Å². The van der Waals surface area contributed by atoms with Gasteiger partial charge in [-0.15, -0.1) is 5.06 Å². The number of nitrogens with one attached hydrogen (secondary N) is 1. The Bertz CT molecular complexity index is 1320. The van der Waals surface area contributed by atoms with Gasteiger partial charge in [0.25, 0.3) is 11.8 Å². The Kier molecular flexibility index (Phi) is 9.38. The van der Waals surface area contributed by atoms with Crippen LogP contribution in [0.25, 0.3) is 0 Å². The van der Waals surface area contributed by atoms with E-state index in [1.807, 2.05) is 0 Å². The molecular formula is C20H24F2N5O12S-. The zero-order valence-electron chi connectivity index (χ0n) is 20.4. The van der Waals surface area contributed by atoms with E-state index in [1.165, 1.54) is 0 Å². The molecule has 0 radical (unpaired) electrons. The summed E-state index contributed by atoms with van der Waals surface area (Å²) in [6.07, 6.45) is -6.79. The number of rotatable bonds is 11. The van der Waals surface area contributed by atoms with Crippen molar-refractivity contribution in [2.45, 2.75) is 61.7 Å². The van der Waals surface area contributed by atoms with Crippen LogP contribution in [0, 0.1) is 0 Å². The number of aliphatic hydroxyl groups excluding tert-OH is 1. The monoisotopic (exact) mass is 596 g/mol. The molecule has 0 aromatic carbocycles. The van der Waals surface area contributed by atoms with Gasteiger partial charge in [-0.3, -0.25) is 14.2 Å². The minimum atomic E-state index is -5.09. The molecule has 4 N–H and O–H groups in total. The summed E-state index contributed by atoms with van der Waals surface area (Å²) in [5.41, 5.74) is 4.19. The number of hydroxylamine groups is 2. The van der Waals surface area contributed by atoms with E-state index in [4.69, 9.17) is 15.2 Å². The highest BCUT2D eigenvalue weighted by atomic mass is 32.2.